The maximum absolute atomic E-state index is 12.1. The van der Waals surface area contributed by atoms with Gasteiger partial charge in [0, 0.05) is 17.9 Å². The van der Waals surface area contributed by atoms with E-state index in [1.807, 2.05) is 6.07 Å². The molecule has 0 aromatic heterocycles. The fraction of sp³-hybridized carbons (Fsp3) is 0.278. The zero-order valence-electron chi connectivity index (χ0n) is 11.2. The average Bonchev–Trinajstić information content (AvgIpc) is 2.48. The second-order valence-corrected chi connectivity index (χ2v) is 5.20. The second kappa shape index (κ2) is 5.00. The molecular formula is C18H18O. The van der Waals surface area contributed by atoms with Gasteiger partial charge in [0.1, 0.15) is 0 Å². The molecule has 96 valence electrons. The smallest absolute Gasteiger partial charge is 0.163 e. The highest BCUT2D eigenvalue weighted by Crippen LogP contribution is 2.36. The Labute approximate surface area is 114 Å². The summed E-state index contributed by atoms with van der Waals surface area (Å²) in [6, 6.07) is 16.9. The third-order valence-electron chi connectivity index (χ3n) is 4.06. The molecule has 2 aromatic carbocycles. The molecule has 0 aliphatic heterocycles. The number of rotatable bonds is 2. The summed E-state index contributed by atoms with van der Waals surface area (Å²) >= 11 is 0. The van der Waals surface area contributed by atoms with Crippen LogP contribution in [0.2, 0.25) is 0 Å². The van der Waals surface area contributed by atoms with Crippen LogP contribution in [0.4, 0.5) is 0 Å². The maximum Gasteiger partial charge on any atom is 0.163 e. The van der Waals surface area contributed by atoms with Gasteiger partial charge < -0.3 is 0 Å². The van der Waals surface area contributed by atoms with Crippen LogP contribution in [0.15, 0.2) is 48.5 Å². The molecular weight excluding hydrogens is 232 g/mol. The van der Waals surface area contributed by atoms with E-state index in [-0.39, 0.29) is 0 Å². The van der Waals surface area contributed by atoms with Crippen molar-refractivity contribution in [1.82, 2.24) is 0 Å². The Morgan fingerprint density at radius 3 is 2.63 bits per heavy atom. The molecule has 1 aliphatic rings. The molecule has 3 rings (SSSR count). The lowest BCUT2D eigenvalue weighted by molar-refractivity contribution is 0.0969. The summed E-state index contributed by atoms with van der Waals surface area (Å²) in [5.74, 6) is 0.678. The van der Waals surface area contributed by atoms with E-state index in [1.165, 1.54) is 16.7 Å². The third-order valence-corrected chi connectivity index (χ3v) is 4.06. The molecule has 0 saturated carbocycles. The fourth-order valence-corrected chi connectivity index (χ4v) is 2.97. The van der Waals surface area contributed by atoms with Crippen molar-refractivity contribution in [1.29, 1.82) is 0 Å². The second-order valence-electron chi connectivity index (χ2n) is 5.20. The SMILES string of the molecule is CCc1ccc2c(c1)C(=O)CCC2c1ccccc1. The summed E-state index contributed by atoms with van der Waals surface area (Å²) in [5, 5.41) is 0. The summed E-state index contributed by atoms with van der Waals surface area (Å²) < 4.78 is 0. The quantitative estimate of drug-likeness (QED) is 0.774. The highest BCUT2D eigenvalue weighted by Gasteiger charge is 2.26. The van der Waals surface area contributed by atoms with Gasteiger partial charge in [-0.05, 0) is 35.6 Å². The minimum Gasteiger partial charge on any atom is -0.294 e. The van der Waals surface area contributed by atoms with E-state index in [0.717, 1.165) is 18.4 Å². The number of fused-ring (bicyclic) bond motifs is 1. The highest BCUT2D eigenvalue weighted by molar-refractivity contribution is 5.99. The summed E-state index contributed by atoms with van der Waals surface area (Å²) in [4.78, 5) is 12.1. The average molecular weight is 250 g/mol. The van der Waals surface area contributed by atoms with E-state index in [0.29, 0.717) is 18.1 Å². The van der Waals surface area contributed by atoms with Crippen molar-refractivity contribution < 1.29 is 4.79 Å². The zero-order chi connectivity index (χ0) is 13.2. The fourth-order valence-electron chi connectivity index (χ4n) is 2.97. The Balaban J connectivity index is 2.08. The summed E-state index contributed by atoms with van der Waals surface area (Å²) in [6.07, 6.45) is 2.58. The van der Waals surface area contributed by atoms with Crippen LogP contribution in [0.5, 0.6) is 0 Å². The monoisotopic (exact) mass is 250 g/mol. The van der Waals surface area contributed by atoms with Gasteiger partial charge in [0.15, 0.2) is 5.78 Å². The van der Waals surface area contributed by atoms with E-state index >= 15 is 0 Å². The highest BCUT2D eigenvalue weighted by atomic mass is 16.1. The number of carbonyl (C=O) groups excluding carboxylic acids is 1. The van der Waals surface area contributed by atoms with E-state index in [1.54, 1.807) is 0 Å². The number of hydrogen-bond donors (Lipinski definition) is 0. The number of hydrogen-bond acceptors (Lipinski definition) is 1. The van der Waals surface area contributed by atoms with Crippen LogP contribution in [-0.2, 0) is 6.42 Å². The summed E-state index contributed by atoms with van der Waals surface area (Å²) in [6.45, 7) is 2.13. The van der Waals surface area contributed by atoms with Crippen LogP contribution in [-0.4, -0.2) is 5.78 Å². The van der Waals surface area contributed by atoms with Gasteiger partial charge >= 0.3 is 0 Å². The van der Waals surface area contributed by atoms with Gasteiger partial charge in [0.25, 0.3) is 0 Å². The first-order valence-corrected chi connectivity index (χ1v) is 7.00. The van der Waals surface area contributed by atoms with Crippen LogP contribution < -0.4 is 0 Å². The van der Waals surface area contributed by atoms with Gasteiger partial charge in [-0.25, -0.2) is 0 Å². The van der Waals surface area contributed by atoms with Gasteiger partial charge in [-0.1, -0.05) is 49.4 Å². The minimum absolute atomic E-state index is 0.303. The molecule has 0 heterocycles. The number of aryl methyl sites for hydroxylation is 1. The molecule has 1 unspecified atom stereocenters. The molecule has 0 bridgehead atoms. The van der Waals surface area contributed by atoms with Crippen molar-refractivity contribution in [2.24, 2.45) is 0 Å². The molecule has 1 atom stereocenters. The lowest BCUT2D eigenvalue weighted by Crippen LogP contribution is -2.17. The van der Waals surface area contributed by atoms with E-state index in [2.05, 4.69) is 49.4 Å². The van der Waals surface area contributed by atoms with E-state index in [9.17, 15) is 4.79 Å². The number of ketones is 1. The molecule has 0 saturated heterocycles. The van der Waals surface area contributed by atoms with Crippen LogP contribution in [0.1, 0.15) is 52.7 Å². The molecule has 0 spiro atoms. The van der Waals surface area contributed by atoms with E-state index < -0.39 is 0 Å². The third kappa shape index (κ3) is 2.21. The van der Waals surface area contributed by atoms with Crippen molar-refractivity contribution in [3.8, 4) is 0 Å². The first kappa shape index (κ1) is 12.2. The van der Waals surface area contributed by atoms with Crippen LogP contribution >= 0.6 is 0 Å². The van der Waals surface area contributed by atoms with Crippen molar-refractivity contribution in [2.45, 2.75) is 32.1 Å². The predicted octanol–water partition coefficient (Wildman–Crippen LogP) is 4.36. The van der Waals surface area contributed by atoms with Crippen LogP contribution in [0.25, 0.3) is 0 Å². The molecule has 2 aromatic rings. The van der Waals surface area contributed by atoms with E-state index in [4.69, 9.17) is 0 Å². The van der Waals surface area contributed by atoms with Gasteiger partial charge in [-0.3, -0.25) is 4.79 Å². The molecule has 1 aliphatic carbocycles. The summed E-state index contributed by atoms with van der Waals surface area (Å²) in [7, 11) is 0. The Kier molecular flexibility index (Phi) is 3.20. The topological polar surface area (TPSA) is 17.1 Å². The van der Waals surface area contributed by atoms with Gasteiger partial charge in [-0.15, -0.1) is 0 Å². The number of benzene rings is 2. The van der Waals surface area contributed by atoms with Crippen molar-refractivity contribution in [3.63, 3.8) is 0 Å². The van der Waals surface area contributed by atoms with Crippen LogP contribution in [0.3, 0.4) is 0 Å². The lowest BCUT2D eigenvalue weighted by Gasteiger charge is -2.25. The Hall–Kier alpha value is -1.89. The normalized spacial score (nSPS) is 18.2. The van der Waals surface area contributed by atoms with Crippen molar-refractivity contribution >= 4 is 5.78 Å². The van der Waals surface area contributed by atoms with Gasteiger partial charge in [-0.2, -0.15) is 0 Å². The first-order chi connectivity index (χ1) is 9.29. The molecule has 1 nitrogen and oxygen atoms in total. The number of Topliss-reactive ketones (excluding diaryl/α,β-unsaturated/α-hetero) is 1. The zero-order valence-corrected chi connectivity index (χ0v) is 11.2. The Bertz CT molecular complexity index is 598. The molecule has 1 heteroatoms. The molecule has 0 amide bonds. The van der Waals surface area contributed by atoms with Crippen LogP contribution in [0, 0.1) is 0 Å². The van der Waals surface area contributed by atoms with Gasteiger partial charge in [0.05, 0.1) is 0 Å². The molecule has 0 radical (unpaired) electrons. The lowest BCUT2D eigenvalue weighted by atomic mass is 9.78. The maximum atomic E-state index is 12.1. The van der Waals surface area contributed by atoms with Gasteiger partial charge in [0.2, 0.25) is 0 Å². The minimum atomic E-state index is 0.303. The largest absolute Gasteiger partial charge is 0.294 e. The first-order valence-electron chi connectivity index (χ1n) is 7.00. The van der Waals surface area contributed by atoms with Crippen molar-refractivity contribution in [3.05, 3.63) is 70.8 Å². The molecule has 0 N–H and O–H groups in total. The molecule has 0 fully saturated rings. The standard InChI is InChI=1S/C18H18O/c1-2-13-8-9-16-15(14-6-4-3-5-7-14)10-11-18(19)17(16)12-13/h3-9,12,15H,2,10-11H2,1H3. The Morgan fingerprint density at radius 2 is 1.89 bits per heavy atom. The summed E-state index contributed by atoms with van der Waals surface area (Å²) in [5.41, 5.74) is 4.72. The van der Waals surface area contributed by atoms with Crippen molar-refractivity contribution in [2.75, 3.05) is 0 Å². The predicted molar refractivity (Wildman–Crippen MR) is 77.7 cm³/mol. The Morgan fingerprint density at radius 1 is 1.11 bits per heavy atom. The molecule has 19 heavy (non-hydrogen) atoms. The number of carbonyl (C=O) groups is 1.